The van der Waals surface area contributed by atoms with E-state index in [2.05, 4.69) is 10.3 Å². The zero-order chi connectivity index (χ0) is 13.5. The molecule has 1 N–H and O–H groups in total. The van der Waals surface area contributed by atoms with Gasteiger partial charge in [-0.15, -0.1) is 0 Å². The van der Waals surface area contributed by atoms with Crippen LogP contribution in [0.3, 0.4) is 0 Å². The maximum absolute atomic E-state index is 12.7. The Morgan fingerprint density at radius 2 is 2.21 bits per heavy atom. The number of aromatic nitrogens is 2. The molecule has 4 nitrogen and oxygen atoms in total. The Morgan fingerprint density at radius 1 is 1.47 bits per heavy atom. The predicted molar refractivity (Wildman–Crippen MR) is 64.6 cm³/mol. The van der Waals surface area contributed by atoms with Crippen molar-refractivity contribution in [2.45, 2.75) is 38.2 Å². The molecule has 0 unspecified atom stereocenters. The van der Waals surface area contributed by atoms with Crippen LogP contribution >= 0.6 is 0 Å². The molecule has 1 amide bonds. The number of rotatable bonds is 6. The number of imidazole rings is 1. The molecular weight excluding hydrogens is 252 g/mol. The number of alkyl halides is 2. The van der Waals surface area contributed by atoms with Crippen molar-refractivity contribution in [1.29, 1.82) is 0 Å². The van der Waals surface area contributed by atoms with Crippen molar-refractivity contribution in [2.75, 3.05) is 6.54 Å². The number of hydrogen-bond acceptors (Lipinski definition) is 2. The van der Waals surface area contributed by atoms with Crippen LogP contribution in [0.15, 0.2) is 18.7 Å². The summed E-state index contributed by atoms with van der Waals surface area (Å²) in [6.07, 6.45) is 7.31. The largest absolute Gasteiger partial charge is 0.355 e. The molecule has 0 spiro atoms. The van der Waals surface area contributed by atoms with E-state index in [9.17, 15) is 13.6 Å². The lowest BCUT2D eigenvalue weighted by Crippen LogP contribution is -2.32. The van der Waals surface area contributed by atoms with Crippen LogP contribution in [0.1, 0.15) is 25.7 Å². The van der Waals surface area contributed by atoms with E-state index in [4.69, 9.17) is 0 Å². The van der Waals surface area contributed by atoms with Crippen molar-refractivity contribution >= 4 is 5.91 Å². The van der Waals surface area contributed by atoms with Gasteiger partial charge < -0.3 is 9.88 Å². The molecule has 19 heavy (non-hydrogen) atoms. The molecule has 1 aromatic rings. The molecule has 0 aliphatic heterocycles. The smallest absolute Gasteiger partial charge is 0.252 e. The van der Waals surface area contributed by atoms with Gasteiger partial charge in [0.05, 0.1) is 6.33 Å². The first-order valence-corrected chi connectivity index (χ1v) is 6.59. The van der Waals surface area contributed by atoms with Crippen LogP contribution in [0.4, 0.5) is 8.78 Å². The number of nitrogens with zero attached hydrogens (tertiary/aromatic N) is 2. The number of carbonyl (C=O) groups excluding carboxylic acids is 1. The van der Waals surface area contributed by atoms with Crippen LogP contribution in [0.5, 0.6) is 0 Å². The lowest BCUT2D eigenvalue weighted by atomic mass is 10.1. The van der Waals surface area contributed by atoms with Gasteiger partial charge in [0.1, 0.15) is 0 Å². The molecule has 0 radical (unpaired) electrons. The van der Waals surface area contributed by atoms with Crippen LogP contribution in [0, 0.1) is 11.3 Å². The summed E-state index contributed by atoms with van der Waals surface area (Å²) in [5, 5.41) is 2.80. The van der Waals surface area contributed by atoms with Gasteiger partial charge in [0.2, 0.25) is 5.91 Å². The van der Waals surface area contributed by atoms with E-state index < -0.39 is 11.8 Å². The van der Waals surface area contributed by atoms with E-state index >= 15 is 0 Å². The molecule has 1 heterocycles. The fourth-order valence-corrected chi connectivity index (χ4v) is 2.41. The first-order valence-electron chi connectivity index (χ1n) is 6.59. The fourth-order valence-electron chi connectivity index (χ4n) is 2.41. The third-order valence-electron chi connectivity index (χ3n) is 4.08. The maximum Gasteiger partial charge on any atom is 0.252 e. The summed E-state index contributed by atoms with van der Waals surface area (Å²) in [6.45, 7) is 1.40. The highest BCUT2D eigenvalue weighted by molar-refractivity contribution is 5.76. The van der Waals surface area contributed by atoms with E-state index in [1.165, 1.54) is 0 Å². The SMILES string of the molecule is O=C(C[C@H]1CC1(F)F)NCC1(Cn2ccnc2)CC1. The van der Waals surface area contributed by atoms with Gasteiger partial charge in [0.15, 0.2) is 0 Å². The van der Waals surface area contributed by atoms with Gasteiger partial charge in [-0.05, 0) is 12.8 Å². The number of amides is 1. The third-order valence-corrected chi connectivity index (χ3v) is 4.08. The summed E-state index contributed by atoms with van der Waals surface area (Å²) >= 11 is 0. The number of nitrogens with one attached hydrogen (secondary N) is 1. The topological polar surface area (TPSA) is 46.9 Å². The van der Waals surface area contributed by atoms with Gasteiger partial charge in [-0.3, -0.25) is 4.79 Å². The highest BCUT2D eigenvalue weighted by atomic mass is 19.3. The minimum atomic E-state index is -2.61. The van der Waals surface area contributed by atoms with Crippen molar-refractivity contribution < 1.29 is 13.6 Å². The zero-order valence-corrected chi connectivity index (χ0v) is 10.6. The Bertz CT molecular complexity index is 468. The number of halogens is 2. The van der Waals surface area contributed by atoms with Crippen molar-refractivity contribution in [3.8, 4) is 0 Å². The summed E-state index contributed by atoms with van der Waals surface area (Å²) in [6, 6.07) is 0. The van der Waals surface area contributed by atoms with E-state index in [-0.39, 0.29) is 24.2 Å². The van der Waals surface area contributed by atoms with Crippen LogP contribution in [0.2, 0.25) is 0 Å². The lowest BCUT2D eigenvalue weighted by molar-refractivity contribution is -0.122. The van der Waals surface area contributed by atoms with Gasteiger partial charge in [-0.25, -0.2) is 13.8 Å². The second-order valence-electron chi connectivity index (χ2n) is 5.88. The minimum absolute atomic E-state index is 0.0475. The molecule has 104 valence electrons. The quantitative estimate of drug-likeness (QED) is 0.856. The van der Waals surface area contributed by atoms with Crippen molar-refractivity contribution in [2.24, 2.45) is 11.3 Å². The third kappa shape index (κ3) is 2.93. The summed E-state index contributed by atoms with van der Waals surface area (Å²) in [4.78, 5) is 15.6. The number of hydrogen-bond donors (Lipinski definition) is 1. The zero-order valence-electron chi connectivity index (χ0n) is 10.6. The highest BCUT2D eigenvalue weighted by Gasteiger charge is 2.57. The van der Waals surface area contributed by atoms with Crippen molar-refractivity contribution in [3.05, 3.63) is 18.7 Å². The van der Waals surface area contributed by atoms with Crippen LogP contribution in [0.25, 0.3) is 0 Å². The number of carbonyl (C=O) groups is 1. The first kappa shape index (κ1) is 12.6. The Hall–Kier alpha value is -1.46. The van der Waals surface area contributed by atoms with Crippen LogP contribution in [-0.2, 0) is 11.3 Å². The van der Waals surface area contributed by atoms with Gasteiger partial charge in [0.25, 0.3) is 5.92 Å². The van der Waals surface area contributed by atoms with Gasteiger partial charge in [-0.2, -0.15) is 0 Å². The lowest BCUT2D eigenvalue weighted by Gasteiger charge is -2.16. The average Bonchev–Trinajstić information content (AvgIpc) is 3.13. The van der Waals surface area contributed by atoms with Gasteiger partial charge in [0, 0.05) is 49.7 Å². The molecule has 2 aliphatic rings. The van der Waals surface area contributed by atoms with Crippen molar-refractivity contribution in [1.82, 2.24) is 14.9 Å². The molecule has 0 saturated heterocycles. The Kier molecular flexibility index (Phi) is 2.83. The Labute approximate surface area is 110 Å². The average molecular weight is 269 g/mol. The normalized spacial score (nSPS) is 25.9. The molecule has 2 fully saturated rings. The van der Waals surface area contributed by atoms with E-state index in [0.717, 1.165) is 19.4 Å². The molecule has 1 aromatic heterocycles. The molecule has 0 bridgehead atoms. The maximum atomic E-state index is 12.7. The highest BCUT2D eigenvalue weighted by Crippen LogP contribution is 2.50. The van der Waals surface area contributed by atoms with Gasteiger partial charge >= 0.3 is 0 Å². The molecule has 2 saturated carbocycles. The first-order chi connectivity index (χ1) is 8.99. The van der Waals surface area contributed by atoms with E-state index in [1.807, 2.05) is 10.8 Å². The predicted octanol–water partition coefficient (Wildman–Crippen LogP) is 1.82. The monoisotopic (exact) mass is 269 g/mol. The molecule has 3 rings (SSSR count). The summed E-state index contributed by atoms with van der Waals surface area (Å²) < 4.78 is 27.4. The van der Waals surface area contributed by atoms with Crippen molar-refractivity contribution in [3.63, 3.8) is 0 Å². The molecular formula is C13H17F2N3O. The molecule has 6 heteroatoms. The Balaban J connectivity index is 1.43. The summed E-state index contributed by atoms with van der Waals surface area (Å²) in [7, 11) is 0. The van der Waals surface area contributed by atoms with E-state index in [1.54, 1.807) is 12.5 Å². The molecule has 1 atom stereocenters. The van der Waals surface area contributed by atoms with Crippen LogP contribution < -0.4 is 5.32 Å². The molecule has 0 aromatic carbocycles. The second-order valence-corrected chi connectivity index (χ2v) is 5.88. The fraction of sp³-hybridized carbons (Fsp3) is 0.692. The molecule has 2 aliphatic carbocycles. The van der Waals surface area contributed by atoms with E-state index in [0.29, 0.717) is 6.54 Å². The van der Waals surface area contributed by atoms with Crippen LogP contribution in [-0.4, -0.2) is 27.9 Å². The van der Waals surface area contributed by atoms with Gasteiger partial charge in [-0.1, -0.05) is 0 Å². The summed E-state index contributed by atoms with van der Waals surface area (Å²) in [5.41, 5.74) is 0.0996. The second kappa shape index (κ2) is 4.28. The summed E-state index contributed by atoms with van der Waals surface area (Å²) in [5.74, 6) is -3.60. The minimum Gasteiger partial charge on any atom is -0.355 e. The Morgan fingerprint density at radius 3 is 2.74 bits per heavy atom. The standard InChI is InChI=1S/C13H17F2N3O/c14-13(15)6-10(13)5-11(19)17-7-12(1-2-12)8-18-4-3-16-9-18/h3-4,9-10H,1-2,5-8H2,(H,17,19)/t10-/m0/s1.